The number of hydrogen-bond acceptors (Lipinski definition) is 8. The first kappa shape index (κ1) is 29.0. The number of thiophene rings is 1. The van der Waals surface area contributed by atoms with Crippen molar-refractivity contribution in [1.82, 2.24) is 9.97 Å². The Morgan fingerprint density at radius 2 is 1.65 bits per heavy atom. The Hall–Kier alpha value is -4.03. The molecule has 0 atom stereocenters. The van der Waals surface area contributed by atoms with E-state index in [2.05, 4.69) is 25.3 Å². The third kappa shape index (κ3) is 6.40. The van der Waals surface area contributed by atoms with Crippen LogP contribution in [0.1, 0.15) is 57.9 Å². The van der Waals surface area contributed by atoms with Crippen molar-refractivity contribution in [2.24, 2.45) is 0 Å². The SMILES string of the molecule is COc1c(NC(=O)c2cc3cccc(NC(=O)c4cnc(C)nc4C)c3s2)cc(C(C)(C)C)cc1NS(C)(=O)=O. The maximum absolute atomic E-state index is 13.4. The third-order valence-corrected chi connectivity index (χ3v) is 7.84. The molecule has 4 rings (SSSR count). The molecular formula is C28H31N5O5S2. The molecule has 40 heavy (non-hydrogen) atoms. The molecule has 2 aromatic heterocycles. The number of nitrogens with zero attached hydrogens (tertiary/aromatic N) is 2. The van der Waals surface area contributed by atoms with Gasteiger partial charge in [-0.1, -0.05) is 32.9 Å². The number of ether oxygens (including phenoxy) is 1. The molecule has 2 aromatic carbocycles. The molecule has 4 aromatic rings. The first-order chi connectivity index (χ1) is 18.7. The molecule has 0 spiro atoms. The topological polar surface area (TPSA) is 139 Å². The largest absolute Gasteiger partial charge is 0.492 e. The molecule has 2 heterocycles. The highest BCUT2D eigenvalue weighted by atomic mass is 32.2. The molecule has 0 fully saturated rings. The lowest BCUT2D eigenvalue weighted by Gasteiger charge is -2.23. The summed E-state index contributed by atoms with van der Waals surface area (Å²) in [7, 11) is -2.20. The van der Waals surface area contributed by atoms with Gasteiger partial charge in [0.1, 0.15) is 5.82 Å². The van der Waals surface area contributed by atoms with Gasteiger partial charge in [-0.3, -0.25) is 14.3 Å². The van der Waals surface area contributed by atoms with Gasteiger partial charge in [0.05, 0.1) is 51.3 Å². The number of aryl methyl sites for hydroxylation is 2. The van der Waals surface area contributed by atoms with Crippen molar-refractivity contribution < 1.29 is 22.7 Å². The quantitative estimate of drug-likeness (QED) is 0.262. The fourth-order valence-electron chi connectivity index (χ4n) is 4.10. The minimum Gasteiger partial charge on any atom is -0.492 e. The number of sulfonamides is 1. The van der Waals surface area contributed by atoms with E-state index < -0.39 is 15.9 Å². The number of benzene rings is 2. The average Bonchev–Trinajstić information content (AvgIpc) is 3.28. The van der Waals surface area contributed by atoms with Crippen LogP contribution in [-0.4, -0.2) is 43.6 Å². The van der Waals surface area contributed by atoms with E-state index in [1.165, 1.54) is 24.6 Å². The molecule has 0 unspecified atom stereocenters. The second-order valence-electron chi connectivity index (χ2n) is 10.4. The molecule has 3 N–H and O–H groups in total. The molecule has 0 bridgehead atoms. The summed E-state index contributed by atoms with van der Waals surface area (Å²) in [6.45, 7) is 9.45. The minimum absolute atomic E-state index is 0.191. The molecule has 0 radical (unpaired) electrons. The normalized spacial score (nSPS) is 11.8. The Balaban J connectivity index is 1.68. The Labute approximate surface area is 237 Å². The monoisotopic (exact) mass is 581 g/mol. The van der Waals surface area contributed by atoms with Gasteiger partial charge >= 0.3 is 0 Å². The summed E-state index contributed by atoms with van der Waals surface area (Å²) >= 11 is 1.22. The number of anilines is 3. The van der Waals surface area contributed by atoms with E-state index in [1.54, 1.807) is 44.2 Å². The Morgan fingerprint density at radius 1 is 0.975 bits per heavy atom. The van der Waals surface area contributed by atoms with E-state index in [0.29, 0.717) is 33.3 Å². The molecule has 210 valence electrons. The van der Waals surface area contributed by atoms with Crippen molar-refractivity contribution in [3.8, 4) is 5.75 Å². The number of rotatable bonds is 7. The minimum atomic E-state index is -3.61. The number of carbonyl (C=O) groups is 2. The maximum Gasteiger partial charge on any atom is 0.265 e. The van der Waals surface area contributed by atoms with Gasteiger partial charge < -0.3 is 15.4 Å². The Bertz CT molecular complexity index is 1740. The molecule has 12 heteroatoms. The predicted octanol–water partition coefficient (Wildman–Crippen LogP) is 5.49. The summed E-state index contributed by atoms with van der Waals surface area (Å²) in [4.78, 5) is 35.2. The lowest BCUT2D eigenvalue weighted by atomic mass is 9.86. The van der Waals surface area contributed by atoms with Crippen LogP contribution in [-0.2, 0) is 15.4 Å². The van der Waals surface area contributed by atoms with Crippen molar-refractivity contribution in [2.75, 3.05) is 28.7 Å². The van der Waals surface area contributed by atoms with Crippen LogP contribution in [0.2, 0.25) is 0 Å². The summed E-state index contributed by atoms with van der Waals surface area (Å²) < 4.78 is 32.8. The molecule has 2 amide bonds. The van der Waals surface area contributed by atoms with Gasteiger partial charge in [0.2, 0.25) is 10.0 Å². The van der Waals surface area contributed by atoms with Crippen molar-refractivity contribution >= 4 is 60.3 Å². The fourth-order valence-corrected chi connectivity index (χ4v) is 5.68. The van der Waals surface area contributed by atoms with E-state index >= 15 is 0 Å². The number of amides is 2. The highest BCUT2D eigenvalue weighted by molar-refractivity contribution is 7.92. The zero-order chi connectivity index (χ0) is 29.4. The lowest BCUT2D eigenvalue weighted by Crippen LogP contribution is -2.18. The van der Waals surface area contributed by atoms with Crippen LogP contribution >= 0.6 is 11.3 Å². The summed E-state index contributed by atoms with van der Waals surface area (Å²) in [5, 5.41) is 6.57. The number of methoxy groups -OCH3 is 1. The molecule has 0 aliphatic carbocycles. The van der Waals surface area contributed by atoms with Crippen LogP contribution in [0.4, 0.5) is 17.1 Å². The summed E-state index contributed by atoms with van der Waals surface area (Å²) in [6, 6.07) is 10.6. The molecule has 0 saturated heterocycles. The highest BCUT2D eigenvalue weighted by Gasteiger charge is 2.23. The molecule has 0 aliphatic heterocycles. The summed E-state index contributed by atoms with van der Waals surface area (Å²) in [5.41, 5.74) is 2.49. The number of aromatic nitrogens is 2. The van der Waals surface area contributed by atoms with Crippen LogP contribution in [0.5, 0.6) is 5.75 Å². The standard InChI is InChI=1S/C28H31N5O5S2/c1-15-19(14-29-16(2)30-15)26(34)31-20-10-8-9-17-11-23(39-25(17)20)27(35)32-21-12-18(28(3,4)5)13-22(24(21)38-6)33-40(7,36)37/h8-14,33H,1-7H3,(H,31,34)(H,32,35). The van der Waals surface area contributed by atoms with Crippen molar-refractivity contribution in [1.29, 1.82) is 0 Å². The van der Waals surface area contributed by atoms with Crippen LogP contribution in [0.15, 0.2) is 42.6 Å². The Morgan fingerprint density at radius 3 is 2.27 bits per heavy atom. The van der Waals surface area contributed by atoms with E-state index in [4.69, 9.17) is 4.74 Å². The highest BCUT2D eigenvalue weighted by Crippen LogP contribution is 2.40. The van der Waals surface area contributed by atoms with Gasteiger partial charge in [-0.25, -0.2) is 18.4 Å². The van der Waals surface area contributed by atoms with E-state index in [-0.39, 0.29) is 22.8 Å². The third-order valence-electron chi connectivity index (χ3n) is 6.06. The van der Waals surface area contributed by atoms with Gasteiger partial charge in [0, 0.05) is 6.20 Å². The summed E-state index contributed by atoms with van der Waals surface area (Å²) in [6.07, 6.45) is 2.54. The molecule has 0 aliphatic rings. The van der Waals surface area contributed by atoms with Crippen molar-refractivity contribution in [3.63, 3.8) is 0 Å². The van der Waals surface area contributed by atoms with Gasteiger partial charge in [-0.15, -0.1) is 11.3 Å². The molecule has 0 saturated carbocycles. The zero-order valence-electron chi connectivity index (χ0n) is 23.3. The van der Waals surface area contributed by atoms with Crippen molar-refractivity contribution in [2.45, 2.75) is 40.0 Å². The number of hydrogen-bond donors (Lipinski definition) is 3. The Kier molecular flexibility index (Phi) is 7.86. The van der Waals surface area contributed by atoms with Gasteiger partial charge in [-0.05, 0) is 54.5 Å². The van der Waals surface area contributed by atoms with Crippen LogP contribution in [0, 0.1) is 13.8 Å². The van der Waals surface area contributed by atoms with E-state index in [0.717, 1.165) is 21.9 Å². The first-order valence-corrected chi connectivity index (χ1v) is 15.0. The first-order valence-electron chi connectivity index (χ1n) is 12.3. The number of nitrogens with one attached hydrogen (secondary N) is 3. The van der Waals surface area contributed by atoms with Crippen LogP contribution in [0.25, 0.3) is 10.1 Å². The second-order valence-corrected chi connectivity index (χ2v) is 13.2. The fraction of sp³-hybridized carbons (Fsp3) is 0.286. The summed E-state index contributed by atoms with van der Waals surface area (Å²) in [5.74, 6) is 0.0143. The van der Waals surface area contributed by atoms with Gasteiger partial charge in [-0.2, -0.15) is 0 Å². The predicted molar refractivity (Wildman–Crippen MR) is 159 cm³/mol. The van der Waals surface area contributed by atoms with Crippen LogP contribution in [0.3, 0.4) is 0 Å². The lowest BCUT2D eigenvalue weighted by molar-refractivity contribution is 0.101. The average molecular weight is 582 g/mol. The van der Waals surface area contributed by atoms with E-state index in [9.17, 15) is 18.0 Å². The van der Waals surface area contributed by atoms with Crippen molar-refractivity contribution in [3.05, 3.63) is 70.1 Å². The van der Waals surface area contributed by atoms with Crippen LogP contribution < -0.4 is 20.1 Å². The van der Waals surface area contributed by atoms with E-state index in [1.807, 2.05) is 26.8 Å². The maximum atomic E-state index is 13.4. The molecule has 10 nitrogen and oxygen atoms in total. The molecular weight excluding hydrogens is 550 g/mol. The zero-order valence-corrected chi connectivity index (χ0v) is 24.9. The second kappa shape index (κ2) is 10.9. The number of carbonyl (C=O) groups excluding carboxylic acids is 2. The number of fused-ring (bicyclic) bond motifs is 1. The van der Waals surface area contributed by atoms with Gasteiger partial charge in [0.15, 0.2) is 5.75 Å². The smallest absolute Gasteiger partial charge is 0.265 e. The van der Waals surface area contributed by atoms with Gasteiger partial charge in [0.25, 0.3) is 11.8 Å².